The number of carbonyl (C=O) groups excluding carboxylic acids is 2. The Bertz CT molecular complexity index is 1410. The van der Waals surface area contributed by atoms with Crippen LogP contribution in [0.4, 0.5) is 5.69 Å². The average molecular weight is 498 g/mol. The summed E-state index contributed by atoms with van der Waals surface area (Å²) < 4.78 is 28.5. The van der Waals surface area contributed by atoms with Gasteiger partial charge in [-0.05, 0) is 60.5 Å². The molecule has 0 aliphatic carbocycles. The van der Waals surface area contributed by atoms with Gasteiger partial charge in [0.2, 0.25) is 10.0 Å². The summed E-state index contributed by atoms with van der Waals surface area (Å²) in [4.78, 5) is 25.5. The molecule has 0 bridgehead atoms. The lowest BCUT2D eigenvalue weighted by Gasteiger charge is -2.13. The van der Waals surface area contributed by atoms with Crippen molar-refractivity contribution in [3.8, 4) is 11.8 Å². The van der Waals surface area contributed by atoms with Gasteiger partial charge in [-0.1, -0.05) is 29.8 Å². The van der Waals surface area contributed by atoms with Crippen LogP contribution in [0.1, 0.15) is 27.0 Å². The highest BCUT2D eigenvalue weighted by atomic mass is 35.5. The number of anilines is 1. The van der Waals surface area contributed by atoms with E-state index in [2.05, 4.69) is 5.32 Å². The van der Waals surface area contributed by atoms with Crippen molar-refractivity contribution in [3.63, 3.8) is 0 Å². The molecule has 10 heteroatoms. The summed E-state index contributed by atoms with van der Waals surface area (Å²) in [7, 11) is -3.86. The fraction of sp³-hybridized carbons (Fsp3) is 0.125. The zero-order valence-corrected chi connectivity index (χ0v) is 19.6. The molecular weight excluding hydrogens is 478 g/mol. The molecule has 3 aromatic rings. The molecule has 0 saturated carbocycles. The number of sulfonamides is 1. The third-order valence-electron chi connectivity index (χ3n) is 4.82. The van der Waals surface area contributed by atoms with E-state index in [9.17, 15) is 18.0 Å². The summed E-state index contributed by atoms with van der Waals surface area (Å²) in [6.45, 7) is 1.22. The second-order valence-corrected chi connectivity index (χ2v) is 9.36. The predicted octanol–water partition coefficient (Wildman–Crippen LogP) is 3.61. The van der Waals surface area contributed by atoms with Crippen LogP contribution in [0.3, 0.4) is 0 Å². The van der Waals surface area contributed by atoms with Crippen molar-refractivity contribution >= 4 is 39.0 Å². The Morgan fingerprint density at radius 3 is 2.56 bits per heavy atom. The van der Waals surface area contributed by atoms with Gasteiger partial charge in [0.05, 0.1) is 22.9 Å². The van der Waals surface area contributed by atoms with E-state index < -0.39 is 22.5 Å². The number of hydrogen-bond donors (Lipinski definition) is 2. The van der Waals surface area contributed by atoms with Gasteiger partial charge in [0, 0.05) is 16.3 Å². The fourth-order valence-electron chi connectivity index (χ4n) is 3.16. The molecule has 0 atom stereocenters. The van der Waals surface area contributed by atoms with Crippen LogP contribution in [0.15, 0.2) is 65.6 Å². The minimum Gasteiger partial charge on any atom is -0.483 e. The highest BCUT2D eigenvalue weighted by molar-refractivity contribution is 7.89. The molecule has 3 rings (SSSR count). The maximum Gasteiger partial charge on any atom is 0.262 e. The van der Waals surface area contributed by atoms with Crippen LogP contribution in [-0.4, -0.2) is 26.7 Å². The van der Waals surface area contributed by atoms with Crippen molar-refractivity contribution in [2.45, 2.75) is 18.2 Å². The third kappa shape index (κ3) is 6.20. The van der Waals surface area contributed by atoms with Crippen LogP contribution in [0.25, 0.3) is 0 Å². The largest absolute Gasteiger partial charge is 0.483 e. The first-order chi connectivity index (χ1) is 16.1. The minimum atomic E-state index is -3.86. The predicted molar refractivity (Wildman–Crippen MR) is 127 cm³/mol. The molecule has 3 aromatic carbocycles. The number of nitrogens with zero attached hydrogens (tertiary/aromatic N) is 1. The lowest BCUT2D eigenvalue weighted by atomic mass is 10.00. The first kappa shape index (κ1) is 24.9. The van der Waals surface area contributed by atoms with E-state index in [1.165, 1.54) is 36.4 Å². The molecule has 0 aliphatic heterocycles. The van der Waals surface area contributed by atoms with Gasteiger partial charge in [-0.15, -0.1) is 0 Å². The highest BCUT2D eigenvalue weighted by Crippen LogP contribution is 2.26. The van der Waals surface area contributed by atoms with Gasteiger partial charge in [-0.3, -0.25) is 9.59 Å². The standard InChI is InChI=1S/C24H20ClN3O5S/c1-15-11-19(34(27,31)32)6-7-21(15)28-23(29)14-33-22-8-5-18(25)13-20(22)24(30)17-4-2-3-16(12-17)9-10-26/h2-8,11-13H,9,14H2,1H3,(H,28,29)(H2,27,31,32). The third-order valence-corrected chi connectivity index (χ3v) is 5.96. The number of primary sulfonamides is 1. The van der Waals surface area contributed by atoms with Crippen LogP contribution in [0, 0.1) is 18.3 Å². The molecule has 1 amide bonds. The van der Waals surface area contributed by atoms with Crippen molar-refractivity contribution in [2.24, 2.45) is 5.14 Å². The zero-order valence-electron chi connectivity index (χ0n) is 18.0. The molecule has 0 fully saturated rings. The maximum absolute atomic E-state index is 13.1. The first-order valence-corrected chi connectivity index (χ1v) is 11.9. The number of hydrogen-bond acceptors (Lipinski definition) is 6. The second-order valence-electron chi connectivity index (χ2n) is 7.36. The number of ketones is 1. The molecule has 0 spiro atoms. The highest BCUT2D eigenvalue weighted by Gasteiger charge is 2.18. The molecular formula is C24H20ClN3O5S. The number of halogens is 1. The number of nitrogens with two attached hydrogens (primary N) is 1. The maximum atomic E-state index is 13.1. The van der Waals surface area contributed by atoms with E-state index in [4.69, 9.17) is 26.7 Å². The van der Waals surface area contributed by atoms with Gasteiger partial charge in [0.25, 0.3) is 5.91 Å². The monoisotopic (exact) mass is 497 g/mol. The molecule has 34 heavy (non-hydrogen) atoms. The van der Waals surface area contributed by atoms with Crippen LogP contribution in [0.2, 0.25) is 5.02 Å². The Morgan fingerprint density at radius 1 is 1.12 bits per heavy atom. The van der Waals surface area contributed by atoms with E-state index >= 15 is 0 Å². The topological polar surface area (TPSA) is 139 Å². The summed E-state index contributed by atoms with van der Waals surface area (Å²) in [6, 6.07) is 17.3. The minimum absolute atomic E-state index is 0.0672. The van der Waals surface area contributed by atoms with Crippen LogP contribution >= 0.6 is 11.6 Å². The summed E-state index contributed by atoms with van der Waals surface area (Å²) in [5.41, 5.74) is 2.11. The van der Waals surface area contributed by atoms with Crippen molar-refractivity contribution in [1.29, 1.82) is 5.26 Å². The Labute approximate surface area is 202 Å². The van der Waals surface area contributed by atoms with Crippen molar-refractivity contribution in [3.05, 3.63) is 87.9 Å². The van der Waals surface area contributed by atoms with E-state index in [0.717, 1.165) is 0 Å². The number of carbonyl (C=O) groups is 2. The van der Waals surface area contributed by atoms with Crippen molar-refractivity contribution < 1.29 is 22.7 Å². The number of ether oxygens (including phenoxy) is 1. The lowest BCUT2D eigenvalue weighted by Crippen LogP contribution is -2.21. The summed E-state index contributed by atoms with van der Waals surface area (Å²) in [5.74, 6) is -0.723. The fourth-order valence-corrected chi connectivity index (χ4v) is 3.93. The normalized spacial score (nSPS) is 10.9. The second kappa shape index (κ2) is 10.5. The number of amides is 1. The van der Waals surface area contributed by atoms with E-state index in [1.807, 2.05) is 6.07 Å². The van der Waals surface area contributed by atoms with Crippen LogP contribution in [-0.2, 0) is 21.2 Å². The van der Waals surface area contributed by atoms with E-state index in [-0.39, 0.29) is 28.4 Å². The van der Waals surface area contributed by atoms with E-state index in [1.54, 1.807) is 31.2 Å². The molecule has 174 valence electrons. The Balaban J connectivity index is 1.76. The zero-order chi connectivity index (χ0) is 24.9. The smallest absolute Gasteiger partial charge is 0.262 e. The van der Waals surface area contributed by atoms with Gasteiger partial charge < -0.3 is 10.1 Å². The number of nitriles is 1. The van der Waals surface area contributed by atoms with Crippen molar-refractivity contribution in [1.82, 2.24) is 0 Å². The Kier molecular flexibility index (Phi) is 7.68. The SMILES string of the molecule is Cc1cc(S(N)(=O)=O)ccc1NC(=O)COc1ccc(Cl)cc1C(=O)c1cccc(CC#N)c1. The van der Waals surface area contributed by atoms with Crippen molar-refractivity contribution in [2.75, 3.05) is 11.9 Å². The first-order valence-electron chi connectivity index (χ1n) is 9.94. The van der Waals surface area contributed by atoms with Gasteiger partial charge >= 0.3 is 0 Å². The lowest BCUT2D eigenvalue weighted by molar-refractivity contribution is -0.118. The number of aryl methyl sites for hydroxylation is 1. The van der Waals surface area contributed by atoms with Gasteiger partial charge in [-0.2, -0.15) is 5.26 Å². The van der Waals surface area contributed by atoms with Gasteiger partial charge in [0.15, 0.2) is 12.4 Å². The summed E-state index contributed by atoms with van der Waals surface area (Å²) in [6.07, 6.45) is 0.164. The molecule has 0 saturated heterocycles. The summed E-state index contributed by atoms with van der Waals surface area (Å²) >= 11 is 6.08. The number of nitrogens with one attached hydrogen (secondary N) is 1. The molecule has 0 aromatic heterocycles. The average Bonchev–Trinajstić information content (AvgIpc) is 2.79. The van der Waals surface area contributed by atoms with E-state index in [0.29, 0.717) is 27.4 Å². The molecule has 0 aliphatic rings. The molecule has 0 radical (unpaired) electrons. The Morgan fingerprint density at radius 2 is 1.88 bits per heavy atom. The van der Waals surface area contributed by atoms with Gasteiger partial charge in [-0.25, -0.2) is 13.6 Å². The number of benzene rings is 3. The van der Waals surface area contributed by atoms with Crippen LogP contribution < -0.4 is 15.2 Å². The summed E-state index contributed by atoms with van der Waals surface area (Å²) in [5, 5.41) is 17.0. The molecule has 0 heterocycles. The molecule has 3 N–H and O–H groups in total. The quantitative estimate of drug-likeness (QED) is 0.455. The Hall–Kier alpha value is -3.71. The number of rotatable bonds is 8. The molecule has 8 nitrogen and oxygen atoms in total. The van der Waals surface area contributed by atoms with Crippen LogP contribution in [0.5, 0.6) is 5.75 Å². The molecule has 0 unspecified atom stereocenters. The van der Waals surface area contributed by atoms with Gasteiger partial charge in [0.1, 0.15) is 5.75 Å².